The molecule has 0 aliphatic carbocycles. The Morgan fingerprint density at radius 3 is 2.44 bits per heavy atom. The molecule has 1 aliphatic rings. The molecule has 1 fully saturated rings. The Bertz CT molecular complexity index is 760. The molecule has 2 rings (SSSR count). The van der Waals surface area contributed by atoms with Crippen LogP contribution in [0, 0.1) is 0 Å². The molecule has 1 saturated heterocycles. The van der Waals surface area contributed by atoms with Gasteiger partial charge in [0, 0.05) is 26.9 Å². The summed E-state index contributed by atoms with van der Waals surface area (Å²) in [6.45, 7) is 0.268. The third-order valence-corrected chi connectivity index (χ3v) is 3.33. The maximum absolute atomic E-state index is 8.23. The molecule has 1 aliphatic heterocycles. The topological polar surface area (TPSA) is 31.4 Å². The first-order chi connectivity index (χ1) is 12.3. The van der Waals surface area contributed by atoms with E-state index in [1.165, 1.54) is 0 Å². The van der Waals surface area contributed by atoms with Gasteiger partial charge in [-0.2, -0.15) is 0 Å². The summed E-state index contributed by atoms with van der Waals surface area (Å²) in [5.74, 6) is -3.27. The molecule has 98 valence electrons. The van der Waals surface area contributed by atoms with Crippen molar-refractivity contribution in [3.63, 3.8) is 0 Å². The maximum atomic E-state index is 8.23. The van der Waals surface area contributed by atoms with Crippen molar-refractivity contribution >= 4 is 12.6 Å². The van der Waals surface area contributed by atoms with Gasteiger partial charge in [-0.15, -0.1) is 0 Å². The molecule has 0 bridgehead atoms. The van der Waals surface area contributed by atoms with Crippen molar-refractivity contribution in [2.75, 3.05) is 0 Å². The molecule has 3 nitrogen and oxygen atoms in total. The molecule has 0 spiro atoms. The molecule has 0 aromatic carbocycles. The molecule has 0 saturated carbocycles. The van der Waals surface area contributed by atoms with E-state index in [0.717, 1.165) is 0 Å². The Hall–Kier alpha value is -0.865. The first kappa shape index (κ1) is 5.64. The molecular weight excluding hydrogens is 225 g/mol. The van der Waals surface area contributed by atoms with Crippen molar-refractivity contribution in [2.24, 2.45) is 0 Å². The van der Waals surface area contributed by atoms with E-state index in [0.29, 0.717) is 0 Å². The zero-order valence-corrected chi connectivity index (χ0v) is 10.8. The van der Waals surface area contributed by atoms with Crippen molar-refractivity contribution < 1.29 is 23.0 Å². The van der Waals surface area contributed by atoms with E-state index >= 15 is 0 Å². The second-order valence-electron chi connectivity index (χ2n) is 5.20. The lowest BCUT2D eigenvalue weighted by atomic mass is 9.80. The highest BCUT2D eigenvalue weighted by Gasteiger charge is 2.51. The summed E-state index contributed by atoms with van der Waals surface area (Å²) < 4.78 is 89.4. The van der Waals surface area contributed by atoms with Crippen molar-refractivity contribution in [3.05, 3.63) is 24.0 Å². The van der Waals surface area contributed by atoms with Crippen LogP contribution >= 0.6 is 0 Å². The lowest BCUT2D eigenvalue weighted by Gasteiger charge is -2.32. The Labute approximate surface area is 124 Å². The number of rotatable bonds is 2. The van der Waals surface area contributed by atoms with Gasteiger partial charge in [0.05, 0.1) is 15.3 Å². The second kappa shape index (κ2) is 4.35. The van der Waals surface area contributed by atoms with Gasteiger partial charge in [-0.3, -0.25) is 4.98 Å². The average molecular weight is 257 g/mol. The van der Waals surface area contributed by atoms with Gasteiger partial charge in [-0.1, -0.05) is 19.7 Å². The predicted octanol–water partition coefficient (Wildman–Crippen LogP) is 2.50. The van der Waals surface area contributed by atoms with Crippen LogP contribution < -0.4 is 5.46 Å². The first-order valence-corrected chi connectivity index (χ1v) is 5.62. The molecule has 4 heteroatoms. The summed E-state index contributed by atoms with van der Waals surface area (Å²) >= 11 is 0. The third kappa shape index (κ3) is 2.32. The number of aromatic nitrogens is 1. The van der Waals surface area contributed by atoms with Crippen molar-refractivity contribution in [3.8, 4) is 0 Å². The molecular formula is C14H22BNO2. The fourth-order valence-electron chi connectivity index (χ4n) is 1.49. The molecule has 0 unspecified atom stereocenters. The number of hydrogen-bond donors (Lipinski definition) is 0. The summed E-state index contributed by atoms with van der Waals surface area (Å²) in [5, 5.41) is 0. The van der Waals surface area contributed by atoms with Gasteiger partial charge >= 0.3 is 7.12 Å². The van der Waals surface area contributed by atoms with Crippen LogP contribution in [0.3, 0.4) is 0 Å². The number of pyridine rings is 1. The lowest BCUT2D eigenvalue weighted by molar-refractivity contribution is 0.00578. The van der Waals surface area contributed by atoms with E-state index in [9.17, 15) is 0 Å². The van der Waals surface area contributed by atoms with Crippen LogP contribution in [0.4, 0.5) is 0 Å². The number of nitrogens with zero attached hydrogens (tertiary/aromatic N) is 1. The summed E-state index contributed by atoms with van der Waals surface area (Å²) in [7, 11) is -1.21. The SMILES string of the molecule is [2H]c1nc(C([2H])(C([2H])([2H])[2H])C([2H])([2H])[2H])c([2H])c([2H])c1B1OC(C)(C)C(C)(C)O1. The van der Waals surface area contributed by atoms with Gasteiger partial charge in [0.25, 0.3) is 0 Å². The van der Waals surface area contributed by atoms with E-state index in [4.69, 9.17) is 23.0 Å². The van der Waals surface area contributed by atoms with Crippen molar-refractivity contribution in [1.82, 2.24) is 4.98 Å². The van der Waals surface area contributed by atoms with Crippen molar-refractivity contribution in [1.29, 1.82) is 0 Å². The molecule has 1 aromatic rings. The minimum atomic E-state index is -3.37. The zero-order valence-electron chi connectivity index (χ0n) is 20.8. The van der Waals surface area contributed by atoms with Crippen LogP contribution in [0.1, 0.15) is 66.7 Å². The van der Waals surface area contributed by atoms with Gasteiger partial charge in [0.1, 0.15) is 0 Å². The van der Waals surface area contributed by atoms with Crippen LogP contribution in [0.25, 0.3) is 0 Å². The zero-order chi connectivity index (χ0) is 22.1. The predicted molar refractivity (Wildman–Crippen MR) is 74.0 cm³/mol. The Morgan fingerprint density at radius 2 is 1.89 bits per heavy atom. The summed E-state index contributed by atoms with van der Waals surface area (Å²) in [4.78, 5) is 3.67. The summed E-state index contributed by atoms with van der Waals surface area (Å²) in [5.41, 5.74) is -2.78. The highest BCUT2D eigenvalue weighted by atomic mass is 16.7. The van der Waals surface area contributed by atoms with E-state index in [2.05, 4.69) is 4.98 Å². The highest BCUT2D eigenvalue weighted by molar-refractivity contribution is 6.62. The molecule has 0 amide bonds. The van der Waals surface area contributed by atoms with E-state index < -0.39 is 61.9 Å². The van der Waals surface area contributed by atoms with E-state index in [1.54, 1.807) is 27.7 Å². The van der Waals surface area contributed by atoms with Crippen LogP contribution in [0.5, 0.6) is 0 Å². The summed E-state index contributed by atoms with van der Waals surface area (Å²) in [6.07, 6.45) is -0.667. The molecule has 18 heavy (non-hydrogen) atoms. The average Bonchev–Trinajstić information content (AvgIpc) is 2.67. The highest BCUT2D eigenvalue weighted by Crippen LogP contribution is 2.36. The van der Waals surface area contributed by atoms with Crippen LogP contribution in [-0.2, 0) is 9.31 Å². The lowest BCUT2D eigenvalue weighted by Crippen LogP contribution is -2.41. The Balaban J connectivity index is 2.70. The van der Waals surface area contributed by atoms with Gasteiger partial charge < -0.3 is 9.31 Å². The van der Waals surface area contributed by atoms with E-state index in [-0.39, 0.29) is 5.46 Å². The van der Waals surface area contributed by atoms with Gasteiger partial charge in [0.15, 0.2) is 0 Å². The van der Waals surface area contributed by atoms with Crippen molar-refractivity contribution in [2.45, 2.75) is 58.5 Å². The minimum absolute atomic E-state index is 0.217. The van der Waals surface area contributed by atoms with Crippen LogP contribution in [-0.4, -0.2) is 23.3 Å². The van der Waals surface area contributed by atoms with Gasteiger partial charge in [-0.05, 0) is 39.6 Å². The fourth-order valence-corrected chi connectivity index (χ4v) is 1.49. The molecule has 2 heterocycles. The monoisotopic (exact) mass is 257 g/mol. The Morgan fingerprint density at radius 1 is 1.28 bits per heavy atom. The molecule has 0 radical (unpaired) electrons. The first-order valence-electron chi connectivity index (χ1n) is 10.6. The maximum Gasteiger partial charge on any atom is 0.496 e. The minimum Gasteiger partial charge on any atom is -0.399 e. The second-order valence-corrected chi connectivity index (χ2v) is 5.20. The van der Waals surface area contributed by atoms with Crippen LogP contribution in [0.2, 0.25) is 0 Å². The fraction of sp³-hybridized carbons (Fsp3) is 0.643. The Kier molecular flexibility index (Phi) is 1.36. The van der Waals surface area contributed by atoms with E-state index in [1.807, 2.05) is 0 Å². The largest absolute Gasteiger partial charge is 0.496 e. The smallest absolute Gasteiger partial charge is 0.399 e. The third-order valence-electron chi connectivity index (χ3n) is 3.33. The molecule has 0 atom stereocenters. The molecule has 1 aromatic heterocycles. The van der Waals surface area contributed by atoms with Crippen LogP contribution in [0.15, 0.2) is 18.3 Å². The number of hydrogen-bond acceptors (Lipinski definition) is 3. The van der Waals surface area contributed by atoms with Gasteiger partial charge in [-0.25, -0.2) is 0 Å². The standard InChI is InChI=1S/C14H22BNO2/c1-10(2)12-8-7-11(9-16-12)15-17-13(3,4)14(5,6)18-15/h7-10H,1-6H3/i1D3,2D3,7D,8D,9D,10D. The molecule has 0 N–H and O–H groups in total. The quantitative estimate of drug-likeness (QED) is 0.763. The van der Waals surface area contributed by atoms with Gasteiger partial charge in [0.2, 0.25) is 0 Å². The summed E-state index contributed by atoms with van der Waals surface area (Å²) in [6, 6.07) is -1.51. The normalized spacial score (nSPS) is 31.7.